The van der Waals surface area contributed by atoms with E-state index >= 15 is 0 Å². The maximum Gasteiger partial charge on any atom is 0.253 e. The van der Waals surface area contributed by atoms with Gasteiger partial charge in [-0.2, -0.15) is 0 Å². The molecule has 150 valence electrons. The molecule has 29 heavy (non-hydrogen) atoms. The lowest BCUT2D eigenvalue weighted by Gasteiger charge is -2.29. The number of hydrogen-bond acceptors (Lipinski definition) is 4. The Morgan fingerprint density at radius 2 is 1.79 bits per heavy atom. The molecule has 5 heteroatoms. The maximum atomic E-state index is 12.7. The number of pyridine rings is 1. The van der Waals surface area contributed by atoms with Crippen molar-refractivity contribution in [1.29, 1.82) is 0 Å². The first kappa shape index (κ1) is 20.4. The second-order valence-corrected chi connectivity index (χ2v) is 7.13. The monoisotopic (exact) mass is 389 g/mol. The number of aromatic nitrogens is 1. The van der Waals surface area contributed by atoms with Crippen LogP contribution in [-0.2, 0) is 13.1 Å². The van der Waals surface area contributed by atoms with E-state index in [1.165, 1.54) is 5.56 Å². The topological polar surface area (TPSA) is 54.5 Å². The minimum atomic E-state index is -0.159. The Morgan fingerprint density at radius 1 is 1.07 bits per heavy atom. The summed E-state index contributed by atoms with van der Waals surface area (Å²) in [5.41, 5.74) is 3.61. The summed E-state index contributed by atoms with van der Waals surface area (Å²) in [4.78, 5) is 19.3. The fourth-order valence-corrected chi connectivity index (χ4v) is 3.19. The molecule has 1 aromatic heterocycles. The number of hydrogen-bond donors (Lipinski definition) is 1. The molecule has 0 saturated heterocycles. The lowest BCUT2D eigenvalue weighted by molar-refractivity contribution is 0.0950. The first-order valence-corrected chi connectivity index (χ1v) is 9.74. The van der Waals surface area contributed by atoms with Gasteiger partial charge in [0.15, 0.2) is 0 Å². The van der Waals surface area contributed by atoms with Gasteiger partial charge in [0.1, 0.15) is 5.75 Å². The Kier molecular flexibility index (Phi) is 6.85. The predicted octanol–water partition coefficient (Wildman–Crippen LogP) is 4.44. The number of rotatable bonds is 8. The first-order chi connectivity index (χ1) is 14.1. The van der Waals surface area contributed by atoms with Crippen LogP contribution in [-0.4, -0.2) is 24.0 Å². The van der Waals surface area contributed by atoms with Crippen molar-refractivity contribution in [3.05, 3.63) is 89.7 Å². The molecule has 0 atom stereocenters. The zero-order valence-corrected chi connectivity index (χ0v) is 17.1. The third-order valence-electron chi connectivity index (χ3n) is 4.77. The molecule has 5 nitrogen and oxygen atoms in total. The van der Waals surface area contributed by atoms with Crippen LogP contribution in [0.5, 0.6) is 5.75 Å². The number of amides is 1. The molecule has 3 rings (SSSR count). The number of para-hydroxylation sites is 1. The van der Waals surface area contributed by atoms with Crippen molar-refractivity contribution < 1.29 is 9.53 Å². The van der Waals surface area contributed by atoms with Crippen molar-refractivity contribution >= 4 is 11.6 Å². The Hall–Kier alpha value is -3.34. The average molecular weight is 389 g/mol. The molecular weight excluding hydrogens is 362 g/mol. The Labute approximate surface area is 172 Å². The molecular formula is C24H27N3O2. The summed E-state index contributed by atoms with van der Waals surface area (Å²) in [5, 5.41) is 2.96. The molecule has 0 aliphatic heterocycles. The summed E-state index contributed by atoms with van der Waals surface area (Å²) in [6, 6.07) is 20.1. The van der Waals surface area contributed by atoms with Gasteiger partial charge in [-0.15, -0.1) is 0 Å². The smallest absolute Gasteiger partial charge is 0.253 e. The van der Waals surface area contributed by atoms with Gasteiger partial charge in [0, 0.05) is 30.9 Å². The van der Waals surface area contributed by atoms with Crippen molar-refractivity contribution in [2.75, 3.05) is 12.0 Å². The van der Waals surface area contributed by atoms with Gasteiger partial charge >= 0.3 is 0 Å². The maximum absolute atomic E-state index is 12.7. The fraction of sp³-hybridized carbons (Fsp3) is 0.250. The van der Waals surface area contributed by atoms with Crippen LogP contribution in [0.3, 0.4) is 0 Å². The van der Waals surface area contributed by atoms with Gasteiger partial charge in [-0.1, -0.05) is 48.5 Å². The minimum Gasteiger partial charge on any atom is -0.496 e. The number of nitrogens with zero attached hydrogens (tertiary/aromatic N) is 2. The van der Waals surface area contributed by atoms with E-state index < -0.39 is 0 Å². The van der Waals surface area contributed by atoms with E-state index in [0.717, 1.165) is 23.5 Å². The standard InChI is InChI=1S/C24H27N3O2/c1-18(2)27(17-19-9-5-4-6-10-19)22-13-21(14-25-16-22)24(28)26-15-20-11-7-8-12-23(20)29-3/h4-14,16,18H,15,17H2,1-3H3,(H,26,28). The Bertz CT molecular complexity index is 942. The van der Waals surface area contributed by atoms with Crippen LogP contribution in [0.4, 0.5) is 5.69 Å². The molecule has 2 aromatic carbocycles. The number of methoxy groups -OCH3 is 1. The van der Waals surface area contributed by atoms with E-state index in [-0.39, 0.29) is 11.9 Å². The zero-order chi connectivity index (χ0) is 20.6. The van der Waals surface area contributed by atoms with E-state index in [9.17, 15) is 4.79 Å². The van der Waals surface area contributed by atoms with E-state index in [1.807, 2.05) is 48.5 Å². The van der Waals surface area contributed by atoms with E-state index in [4.69, 9.17) is 4.74 Å². The van der Waals surface area contributed by atoms with Crippen LogP contribution < -0.4 is 15.0 Å². The molecule has 0 radical (unpaired) electrons. The van der Waals surface area contributed by atoms with Gasteiger partial charge in [-0.05, 0) is 31.5 Å². The molecule has 0 fully saturated rings. The van der Waals surface area contributed by atoms with Crippen molar-refractivity contribution in [3.63, 3.8) is 0 Å². The molecule has 1 heterocycles. The van der Waals surface area contributed by atoms with Gasteiger partial charge in [0.05, 0.1) is 24.6 Å². The summed E-state index contributed by atoms with van der Waals surface area (Å²) in [7, 11) is 1.63. The van der Waals surface area contributed by atoms with Crippen LogP contribution in [0.15, 0.2) is 73.1 Å². The van der Waals surface area contributed by atoms with Gasteiger partial charge in [0.2, 0.25) is 0 Å². The summed E-state index contributed by atoms with van der Waals surface area (Å²) in [5.74, 6) is 0.599. The highest BCUT2D eigenvalue weighted by atomic mass is 16.5. The highest BCUT2D eigenvalue weighted by Gasteiger charge is 2.15. The van der Waals surface area contributed by atoms with Gasteiger partial charge in [-0.25, -0.2) is 0 Å². The highest BCUT2D eigenvalue weighted by molar-refractivity contribution is 5.94. The van der Waals surface area contributed by atoms with Crippen LogP contribution in [0.25, 0.3) is 0 Å². The largest absolute Gasteiger partial charge is 0.496 e. The molecule has 0 bridgehead atoms. The van der Waals surface area contributed by atoms with Crippen molar-refractivity contribution in [1.82, 2.24) is 10.3 Å². The minimum absolute atomic E-state index is 0.159. The molecule has 3 aromatic rings. The van der Waals surface area contributed by atoms with E-state index in [0.29, 0.717) is 12.1 Å². The first-order valence-electron chi connectivity index (χ1n) is 9.74. The third-order valence-corrected chi connectivity index (χ3v) is 4.77. The van der Waals surface area contributed by atoms with Crippen LogP contribution in [0, 0.1) is 0 Å². The predicted molar refractivity (Wildman–Crippen MR) is 116 cm³/mol. The van der Waals surface area contributed by atoms with Gasteiger partial charge in [0.25, 0.3) is 5.91 Å². The van der Waals surface area contributed by atoms with Gasteiger partial charge < -0.3 is 15.0 Å². The van der Waals surface area contributed by atoms with Crippen molar-refractivity contribution in [2.45, 2.75) is 33.0 Å². The summed E-state index contributed by atoms with van der Waals surface area (Å²) >= 11 is 0. The van der Waals surface area contributed by atoms with Crippen LogP contribution >= 0.6 is 0 Å². The Morgan fingerprint density at radius 3 is 2.52 bits per heavy atom. The van der Waals surface area contributed by atoms with Gasteiger partial charge in [-0.3, -0.25) is 9.78 Å². The number of nitrogens with one attached hydrogen (secondary N) is 1. The average Bonchev–Trinajstić information content (AvgIpc) is 2.76. The molecule has 0 unspecified atom stereocenters. The van der Waals surface area contributed by atoms with Crippen LogP contribution in [0.2, 0.25) is 0 Å². The Balaban J connectivity index is 1.74. The zero-order valence-electron chi connectivity index (χ0n) is 17.1. The quantitative estimate of drug-likeness (QED) is 0.619. The number of anilines is 1. The second kappa shape index (κ2) is 9.73. The number of carbonyl (C=O) groups is 1. The molecule has 0 aliphatic rings. The fourth-order valence-electron chi connectivity index (χ4n) is 3.19. The van der Waals surface area contributed by atoms with Crippen LogP contribution in [0.1, 0.15) is 35.3 Å². The number of benzene rings is 2. The molecule has 0 aliphatic carbocycles. The van der Waals surface area contributed by atoms with Crippen molar-refractivity contribution in [3.8, 4) is 5.75 Å². The normalized spacial score (nSPS) is 10.6. The molecule has 1 N–H and O–H groups in total. The molecule has 0 saturated carbocycles. The van der Waals surface area contributed by atoms with E-state index in [1.54, 1.807) is 19.5 Å². The summed E-state index contributed by atoms with van der Waals surface area (Å²) in [6.07, 6.45) is 3.40. The third kappa shape index (κ3) is 5.35. The molecule has 0 spiro atoms. The summed E-state index contributed by atoms with van der Waals surface area (Å²) < 4.78 is 5.35. The summed E-state index contributed by atoms with van der Waals surface area (Å²) in [6.45, 7) is 5.42. The number of carbonyl (C=O) groups excluding carboxylic acids is 1. The van der Waals surface area contributed by atoms with Crippen molar-refractivity contribution in [2.24, 2.45) is 0 Å². The highest BCUT2D eigenvalue weighted by Crippen LogP contribution is 2.21. The molecule has 1 amide bonds. The SMILES string of the molecule is COc1ccccc1CNC(=O)c1cncc(N(Cc2ccccc2)C(C)C)c1. The number of ether oxygens (including phenoxy) is 1. The second-order valence-electron chi connectivity index (χ2n) is 7.13. The van der Waals surface area contributed by atoms with E-state index in [2.05, 4.69) is 41.2 Å². The lowest BCUT2D eigenvalue weighted by Crippen LogP contribution is -2.31. The lowest BCUT2D eigenvalue weighted by atomic mass is 10.1.